The van der Waals surface area contributed by atoms with Gasteiger partial charge in [0.1, 0.15) is 0 Å². The maximum atomic E-state index is 4.06. The van der Waals surface area contributed by atoms with Gasteiger partial charge in [0, 0.05) is 0 Å². The van der Waals surface area contributed by atoms with Crippen LogP contribution in [0, 0.1) is 30.6 Å². The summed E-state index contributed by atoms with van der Waals surface area (Å²) in [6, 6.07) is 0. The first-order valence-electron chi connectivity index (χ1n) is 6.28. The molecule has 0 saturated carbocycles. The molecule has 0 aromatic carbocycles. The Morgan fingerprint density at radius 1 is 0.786 bits per heavy atom. The van der Waals surface area contributed by atoms with E-state index >= 15 is 0 Å². The van der Waals surface area contributed by atoms with Crippen molar-refractivity contribution in [2.75, 3.05) is 0 Å². The zero-order chi connectivity index (χ0) is 11.1. The quantitative estimate of drug-likeness (QED) is 0.542. The molecule has 0 heterocycles. The van der Waals surface area contributed by atoms with Crippen molar-refractivity contribution in [3.05, 3.63) is 6.92 Å². The smallest absolute Gasteiger partial charge is 0.0438 e. The first-order chi connectivity index (χ1) is 6.45. The van der Waals surface area contributed by atoms with Crippen molar-refractivity contribution in [1.82, 2.24) is 0 Å². The second-order valence-electron chi connectivity index (χ2n) is 5.54. The predicted octanol–water partition coefficient (Wildman–Crippen LogP) is 4.95. The van der Waals surface area contributed by atoms with Crippen LogP contribution < -0.4 is 0 Å². The Labute approximate surface area is 91.5 Å². The summed E-state index contributed by atoms with van der Waals surface area (Å²) in [4.78, 5) is 0. The number of hydrogen-bond acceptors (Lipinski definition) is 0. The Morgan fingerprint density at radius 3 is 1.64 bits per heavy atom. The fourth-order valence-electron chi connectivity index (χ4n) is 2.42. The topological polar surface area (TPSA) is 0 Å². The first kappa shape index (κ1) is 14.0. The van der Waals surface area contributed by atoms with E-state index in [2.05, 4.69) is 41.5 Å². The molecule has 4 atom stereocenters. The van der Waals surface area contributed by atoms with Gasteiger partial charge in [-0.05, 0) is 42.9 Å². The molecule has 0 nitrogen and oxygen atoms in total. The van der Waals surface area contributed by atoms with Gasteiger partial charge in [-0.25, -0.2) is 0 Å². The van der Waals surface area contributed by atoms with Crippen LogP contribution in [-0.4, -0.2) is 0 Å². The van der Waals surface area contributed by atoms with Crippen LogP contribution in [0.1, 0.15) is 60.3 Å². The van der Waals surface area contributed by atoms with E-state index in [0.717, 1.165) is 17.8 Å². The van der Waals surface area contributed by atoms with Crippen molar-refractivity contribution in [3.63, 3.8) is 0 Å². The largest absolute Gasteiger partial charge is 0.0651 e. The van der Waals surface area contributed by atoms with Crippen LogP contribution in [0.15, 0.2) is 0 Å². The molecule has 0 spiro atoms. The third-order valence-corrected chi connectivity index (χ3v) is 3.11. The summed E-state index contributed by atoms with van der Waals surface area (Å²) in [5.74, 6) is 3.25. The molecular formula is C14H29. The van der Waals surface area contributed by atoms with Gasteiger partial charge in [0.25, 0.3) is 0 Å². The molecule has 0 N–H and O–H groups in total. The summed E-state index contributed by atoms with van der Waals surface area (Å²) in [6.07, 6.45) is 5.38. The maximum Gasteiger partial charge on any atom is -0.0438 e. The van der Waals surface area contributed by atoms with E-state index in [1.807, 2.05) is 0 Å². The summed E-state index contributed by atoms with van der Waals surface area (Å²) >= 11 is 0. The monoisotopic (exact) mass is 197 g/mol. The summed E-state index contributed by atoms with van der Waals surface area (Å²) in [7, 11) is 0. The Balaban J connectivity index is 3.65. The third-order valence-electron chi connectivity index (χ3n) is 3.11. The van der Waals surface area contributed by atoms with Gasteiger partial charge in [-0.15, -0.1) is 0 Å². The van der Waals surface area contributed by atoms with Crippen LogP contribution in [0.3, 0.4) is 0 Å². The molecule has 0 aromatic heterocycles. The normalized spacial score (nSPS) is 18.2. The lowest BCUT2D eigenvalue weighted by Gasteiger charge is -2.21. The highest BCUT2D eigenvalue weighted by Crippen LogP contribution is 2.24. The highest BCUT2D eigenvalue weighted by Gasteiger charge is 2.12. The van der Waals surface area contributed by atoms with Crippen LogP contribution >= 0.6 is 0 Å². The minimum atomic E-state index is 0.612. The van der Waals surface area contributed by atoms with E-state index in [4.69, 9.17) is 0 Å². The van der Waals surface area contributed by atoms with Crippen LogP contribution in [0.25, 0.3) is 0 Å². The lowest BCUT2D eigenvalue weighted by Crippen LogP contribution is -2.09. The van der Waals surface area contributed by atoms with E-state index in [1.54, 1.807) is 0 Å². The molecule has 0 aromatic rings. The van der Waals surface area contributed by atoms with E-state index in [9.17, 15) is 0 Å². The minimum absolute atomic E-state index is 0.612. The van der Waals surface area contributed by atoms with Gasteiger partial charge in [-0.2, -0.15) is 0 Å². The van der Waals surface area contributed by atoms with Gasteiger partial charge in [0.15, 0.2) is 0 Å². The molecular weight excluding hydrogens is 168 g/mol. The van der Waals surface area contributed by atoms with Gasteiger partial charge in [0.05, 0.1) is 0 Å². The standard InChI is InChI=1S/C14H29/c1-7-12(4)9-14(6)10-13(5)8-11(2)3/h11-14H,2,7-10H2,1,3-6H3. The highest BCUT2D eigenvalue weighted by atomic mass is 14.2. The molecule has 4 unspecified atom stereocenters. The summed E-state index contributed by atoms with van der Waals surface area (Å²) in [5, 5.41) is 0. The predicted molar refractivity (Wildman–Crippen MR) is 66.2 cm³/mol. The van der Waals surface area contributed by atoms with Gasteiger partial charge >= 0.3 is 0 Å². The first-order valence-corrected chi connectivity index (χ1v) is 6.28. The van der Waals surface area contributed by atoms with Crippen molar-refractivity contribution in [2.24, 2.45) is 23.7 Å². The van der Waals surface area contributed by atoms with Gasteiger partial charge in [-0.3, -0.25) is 0 Å². The van der Waals surface area contributed by atoms with Crippen molar-refractivity contribution >= 4 is 0 Å². The average molecular weight is 197 g/mol. The van der Waals surface area contributed by atoms with Crippen LogP contribution in [0.2, 0.25) is 0 Å². The van der Waals surface area contributed by atoms with Crippen molar-refractivity contribution in [3.8, 4) is 0 Å². The van der Waals surface area contributed by atoms with Crippen molar-refractivity contribution < 1.29 is 0 Å². The lowest BCUT2D eigenvalue weighted by atomic mass is 9.85. The SMILES string of the molecule is [CH2]C(C)CC(C)CC(C)CC(C)CC. The molecule has 0 amide bonds. The lowest BCUT2D eigenvalue weighted by molar-refractivity contribution is 0.316. The molecule has 0 aliphatic rings. The number of rotatable bonds is 7. The molecule has 85 valence electrons. The minimum Gasteiger partial charge on any atom is -0.0651 e. The summed E-state index contributed by atoms with van der Waals surface area (Å²) in [5.41, 5.74) is 0. The molecule has 1 radical (unpaired) electrons. The Bertz CT molecular complexity index is 126. The van der Waals surface area contributed by atoms with Gasteiger partial charge in [0.2, 0.25) is 0 Å². The third kappa shape index (κ3) is 7.41. The Kier molecular flexibility index (Phi) is 7.31. The van der Waals surface area contributed by atoms with Crippen LogP contribution in [0.4, 0.5) is 0 Å². The fourth-order valence-corrected chi connectivity index (χ4v) is 2.42. The molecule has 0 aliphatic heterocycles. The average Bonchev–Trinajstić information content (AvgIpc) is 2.01. The van der Waals surface area contributed by atoms with Crippen LogP contribution in [-0.2, 0) is 0 Å². The van der Waals surface area contributed by atoms with Crippen molar-refractivity contribution in [2.45, 2.75) is 60.3 Å². The zero-order valence-electron chi connectivity index (χ0n) is 10.8. The molecule has 0 fully saturated rings. The molecule has 0 rings (SSSR count). The zero-order valence-corrected chi connectivity index (χ0v) is 10.8. The van der Waals surface area contributed by atoms with E-state index in [0.29, 0.717) is 5.92 Å². The molecule has 0 bridgehead atoms. The molecule has 14 heavy (non-hydrogen) atoms. The Morgan fingerprint density at radius 2 is 1.21 bits per heavy atom. The fraction of sp³-hybridized carbons (Fsp3) is 0.929. The van der Waals surface area contributed by atoms with Gasteiger partial charge in [-0.1, -0.05) is 48.0 Å². The number of hydrogen-bond donors (Lipinski definition) is 0. The van der Waals surface area contributed by atoms with E-state index < -0.39 is 0 Å². The molecule has 0 heteroatoms. The second kappa shape index (κ2) is 7.31. The molecule has 0 aliphatic carbocycles. The summed E-state index contributed by atoms with van der Waals surface area (Å²) < 4.78 is 0. The maximum absolute atomic E-state index is 4.06. The van der Waals surface area contributed by atoms with Gasteiger partial charge < -0.3 is 0 Å². The Hall–Kier alpha value is 0. The molecule has 0 saturated heterocycles. The van der Waals surface area contributed by atoms with Crippen LogP contribution in [0.5, 0.6) is 0 Å². The van der Waals surface area contributed by atoms with E-state index in [-0.39, 0.29) is 0 Å². The van der Waals surface area contributed by atoms with E-state index in [1.165, 1.54) is 25.7 Å². The second-order valence-corrected chi connectivity index (χ2v) is 5.54. The summed E-state index contributed by atoms with van der Waals surface area (Å²) in [6.45, 7) is 15.7. The highest BCUT2D eigenvalue weighted by molar-refractivity contribution is 4.66. The van der Waals surface area contributed by atoms with Crippen molar-refractivity contribution in [1.29, 1.82) is 0 Å².